The van der Waals surface area contributed by atoms with E-state index in [4.69, 9.17) is 0 Å². The fraction of sp³-hybridized carbons (Fsp3) is 1.00. The first kappa shape index (κ1) is 16.0. The molecule has 0 N–H and O–H groups in total. The van der Waals surface area contributed by atoms with Crippen LogP contribution in [0.1, 0.15) is 74.1 Å². The van der Waals surface area contributed by atoms with E-state index in [9.17, 15) is 0 Å². The summed E-state index contributed by atoms with van der Waals surface area (Å²) >= 11 is 0. The van der Waals surface area contributed by atoms with Crippen LogP contribution in [0, 0.1) is 29.6 Å². The largest absolute Gasteiger partial charge is 0.0651 e. The van der Waals surface area contributed by atoms with Crippen LogP contribution in [0.4, 0.5) is 0 Å². The first-order valence-electron chi connectivity index (χ1n) is 7.40. The molecule has 98 valence electrons. The van der Waals surface area contributed by atoms with Crippen LogP contribution in [-0.2, 0) is 0 Å². The molecule has 3 unspecified atom stereocenters. The van der Waals surface area contributed by atoms with E-state index in [-0.39, 0.29) is 0 Å². The highest BCUT2D eigenvalue weighted by molar-refractivity contribution is 4.72. The van der Waals surface area contributed by atoms with Gasteiger partial charge in [0.25, 0.3) is 0 Å². The van der Waals surface area contributed by atoms with Crippen LogP contribution in [0.2, 0.25) is 0 Å². The van der Waals surface area contributed by atoms with Gasteiger partial charge in [0.2, 0.25) is 0 Å². The molecule has 0 spiro atoms. The van der Waals surface area contributed by atoms with Crippen LogP contribution in [0.3, 0.4) is 0 Å². The van der Waals surface area contributed by atoms with Crippen molar-refractivity contribution < 1.29 is 0 Å². The second-order valence-electron chi connectivity index (χ2n) is 6.46. The Kier molecular flexibility index (Phi) is 8.14. The first-order chi connectivity index (χ1) is 7.40. The second kappa shape index (κ2) is 8.14. The molecule has 3 atom stereocenters. The van der Waals surface area contributed by atoms with Gasteiger partial charge in [-0.2, -0.15) is 0 Å². The van der Waals surface area contributed by atoms with Gasteiger partial charge in [0.05, 0.1) is 0 Å². The molecule has 0 nitrogen and oxygen atoms in total. The van der Waals surface area contributed by atoms with E-state index in [1.807, 2.05) is 0 Å². The van der Waals surface area contributed by atoms with Crippen molar-refractivity contribution in [1.29, 1.82) is 0 Å². The normalized spacial score (nSPS) is 17.8. The highest BCUT2D eigenvalue weighted by Crippen LogP contribution is 2.31. The van der Waals surface area contributed by atoms with Gasteiger partial charge in [0.1, 0.15) is 0 Å². The number of hydrogen-bond acceptors (Lipinski definition) is 0. The predicted octanol–water partition coefficient (Wildman–Crippen LogP) is 5.77. The van der Waals surface area contributed by atoms with E-state index in [2.05, 4.69) is 48.5 Å². The zero-order valence-corrected chi connectivity index (χ0v) is 12.7. The Labute approximate surface area is 104 Å². The molecule has 0 aliphatic heterocycles. The Bertz CT molecular complexity index is 157. The minimum Gasteiger partial charge on any atom is -0.0651 e. The quantitative estimate of drug-likeness (QED) is 0.493. The lowest BCUT2D eigenvalue weighted by Gasteiger charge is -2.30. The lowest BCUT2D eigenvalue weighted by atomic mass is 9.75. The number of rotatable bonds is 8. The molecule has 0 amide bonds. The molecule has 0 aromatic carbocycles. The van der Waals surface area contributed by atoms with Crippen molar-refractivity contribution in [2.75, 3.05) is 0 Å². The third-order valence-electron chi connectivity index (χ3n) is 4.51. The van der Waals surface area contributed by atoms with Gasteiger partial charge in [-0.05, 0) is 36.0 Å². The number of hydrogen-bond donors (Lipinski definition) is 0. The van der Waals surface area contributed by atoms with E-state index in [1.54, 1.807) is 0 Å². The van der Waals surface area contributed by atoms with Crippen LogP contribution in [0.15, 0.2) is 0 Å². The van der Waals surface area contributed by atoms with Crippen LogP contribution in [0.5, 0.6) is 0 Å². The van der Waals surface area contributed by atoms with Crippen LogP contribution >= 0.6 is 0 Å². The third kappa shape index (κ3) is 5.92. The standard InChI is InChI=1S/C16H34/c1-8-14(6)10-9-11-16(13(4)5)15(7)12(2)3/h12-16H,8-11H2,1-7H3. The lowest BCUT2D eigenvalue weighted by molar-refractivity contribution is 0.194. The van der Waals surface area contributed by atoms with Crippen molar-refractivity contribution in [2.24, 2.45) is 29.6 Å². The molecule has 0 aliphatic carbocycles. The summed E-state index contributed by atoms with van der Waals surface area (Å²) < 4.78 is 0. The Hall–Kier alpha value is 0. The summed E-state index contributed by atoms with van der Waals surface area (Å²) in [6.45, 7) is 16.7. The molecule has 0 heteroatoms. The molecule has 0 fully saturated rings. The van der Waals surface area contributed by atoms with Gasteiger partial charge in [0, 0.05) is 0 Å². The summed E-state index contributed by atoms with van der Waals surface area (Å²) in [7, 11) is 0. The van der Waals surface area contributed by atoms with Gasteiger partial charge < -0.3 is 0 Å². The van der Waals surface area contributed by atoms with Crippen LogP contribution < -0.4 is 0 Å². The summed E-state index contributed by atoms with van der Waals surface area (Å²) in [6, 6.07) is 0. The molecule has 0 aromatic rings. The Balaban J connectivity index is 4.05. The molecular weight excluding hydrogens is 192 g/mol. The zero-order valence-electron chi connectivity index (χ0n) is 12.7. The fourth-order valence-corrected chi connectivity index (χ4v) is 2.60. The Morgan fingerprint density at radius 1 is 0.750 bits per heavy atom. The van der Waals surface area contributed by atoms with Crippen LogP contribution in [0.25, 0.3) is 0 Å². The molecule has 0 heterocycles. The Morgan fingerprint density at radius 2 is 1.31 bits per heavy atom. The molecule has 0 saturated heterocycles. The predicted molar refractivity (Wildman–Crippen MR) is 75.6 cm³/mol. The average molecular weight is 226 g/mol. The van der Waals surface area contributed by atoms with Crippen molar-refractivity contribution in [3.63, 3.8) is 0 Å². The molecule has 0 rings (SSSR count). The van der Waals surface area contributed by atoms with Crippen LogP contribution in [-0.4, -0.2) is 0 Å². The SMILES string of the molecule is CCC(C)CCCC(C(C)C)C(C)C(C)C. The Morgan fingerprint density at radius 3 is 1.69 bits per heavy atom. The maximum Gasteiger partial charge on any atom is -0.0363 e. The van der Waals surface area contributed by atoms with Gasteiger partial charge in [-0.25, -0.2) is 0 Å². The third-order valence-corrected chi connectivity index (χ3v) is 4.51. The topological polar surface area (TPSA) is 0 Å². The van der Waals surface area contributed by atoms with Crippen molar-refractivity contribution in [2.45, 2.75) is 74.1 Å². The summed E-state index contributed by atoms with van der Waals surface area (Å²) in [5.74, 6) is 4.38. The lowest BCUT2D eigenvalue weighted by Crippen LogP contribution is -2.22. The van der Waals surface area contributed by atoms with E-state index in [0.29, 0.717) is 0 Å². The fourth-order valence-electron chi connectivity index (χ4n) is 2.60. The highest BCUT2D eigenvalue weighted by Gasteiger charge is 2.22. The van der Waals surface area contributed by atoms with Gasteiger partial charge in [-0.3, -0.25) is 0 Å². The second-order valence-corrected chi connectivity index (χ2v) is 6.46. The summed E-state index contributed by atoms with van der Waals surface area (Å²) in [6.07, 6.45) is 5.62. The van der Waals surface area contributed by atoms with E-state index in [1.165, 1.54) is 25.7 Å². The summed E-state index contributed by atoms with van der Waals surface area (Å²) in [5, 5.41) is 0. The van der Waals surface area contributed by atoms with E-state index >= 15 is 0 Å². The average Bonchev–Trinajstić information content (AvgIpc) is 2.22. The monoisotopic (exact) mass is 226 g/mol. The molecule has 0 aromatic heterocycles. The molecule has 0 saturated carbocycles. The van der Waals surface area contributed by atoms with Crippen molar-refractivity contribution >= 4 is 0 Å². The molecule has 16 heavy (non-hydrogen) atoms. The van der Waals surface area contributed by atoms with Gasteiger partial charge in [-0.15, -0.1) is 0 Å². The van der Waals surface area contributed by atoms with Gasteiger partial charge in [0.15, 0.2) is 0 Å². The summed E-state index contributed by atoms with van der Waals surface area (Å²) in [5.41, 5.74) is 0. The highest BCUT2D eigenvalue weighted by atomic mass is 14.3. The van der Waals surface area contributed by atoms with E-state index in [0.717, 1.165) is 29.6 Å². The van der Waals surface area contributed by atoms with Gasteiger partial charge in [-0.1, -0.05) is 67.7 Å². The van der Waals surface area contributed by atoms with Gasteiger partial charge >= 0.3 is 0 Å². The van der Waals surface area contributed by atoms with Crippen molar-refractivity contribution in [3.05, 3.63) is 0 Å². The maximum atomic E-state index is 2.44. The van der Waals surface area contributed by atoms with E-state index < -0.39 is 0 Å². The van der Waals surface area contributed by atoms with Crippen molar-refractivity contribution in [1.82, 2.24) is 0 Å². The molecule has 0 radical (unpaired) electrons. The molecular formula is C16H34. The zero-order chi connectivity index (χ0) is 12.7. The minimum absolute atomic E-state index is 0.830. The smallest absolute Gasteiger partial charge is 0.0363 e. The molecule has 0 bridgehead atoms. The maximum absolute atomic E-state index is 2.44. The van der Waals surface area contributed by atoms with Crippen molar-refractivity contribution in [3.8, 4) is 0 Å². The summed E-state index contributed by atoms with van der Waals surface area (Å²) in [4.78, 5) is 0. The first-order valence-corrected chi connectivity index (χ1v) is 7.40. The molecule has 0 aliphatic rings. The minimum atomic E-state index is 0.830.